The number of aliphatic hydroxyl groups is 1. The fourth-order valence-electron chi connectivity index (χ4n) is 4.24. The van der Waals surface area contributed by atoms with E-state index >= 15 is 0 Å². The summed E-state index contributed by atoms with van der Waals surface area (Å²) < 4.78 is 78.8. The quantitative estimate of drug-likeness (QED) is 0.505. The number of ether oxygens (including phenoxy) is 2. The van der Waals surface area contributed by atoms with Gasteiger partial charge in [-0.15, -0.1) is 11.3 Å². The molecule has 2 atom stereocenters. The third-order valence-electron chi connectivity index (χ3n) is 6.46. The van der Waals surface area contributed by atoms with Crippen LogP contribution in [0.4, 0.5) is 18.9 Å². The summed E-state index contributed by atoms with van der Waals surface area (Å²) in [5, 5.41) is 11.7. The summed E-state index contributed by atoms with van der Waals surface area (Å²) in [6.07, 6.45) is -3.28. The molecule has 2 aliphatic rings. The largest absolute Gasteiger partial charge is 0.380 e. The van der Waals surface area contributed by atoms with E-state index in [1.165, 1.54) is 28.6 Å². The Labute approximate surface area is 207 Å². The number of hydrogen-bond donors (Lipinski definition) is 1. The standard InChI is InChI=1S/C23H29F3N2O5S2/c1-22(15-33-16-22)14-32-12-19-11-27(35(30,31)20-3-2-10-34-20)8-9-28(19)18-6-4-17(5-7-18)23(29,13-24)21(25)26/h2-7,10,19,21,29H,8-9,11-16H2,1H3/t19-,23?/m1/s1. The van der Waals surface area contributed by atoms with Crippen molar-refractivity contribution in [2.45, 2.75) is 29.2 Å². The Kier molecular flexibility index (Phi) is 7.79. The zero-order chi connectivity index (χ0) is 25.3. The summed E-state index contributed by atoms with van der Waals surface area (Å²) in [5.74, 6) is 0. The normalized spacial score (nSPS) is 22.7. The second kappa shape index (κ2) is 10.3. The van der Waals surface area contributed by atoms with Crippen molar-refractivity contribution in [3.63, 3.8) is 0 Å². The number of benzene rings is 1. The van der Waals surface area contributed by atoms with Gasteiger partial charge in [0.25, 0.3) is 16.4 Å². The topological polar surface area (TPSA) is 79.3 Å². The van der Waals surface area contributed by atoms with Gasteiger partial charge in [0.1, 0.15) is 10.9 Å². The van der Waals surface area contributed by atoms with E-state index < -0.39 is 28.7 Å². The van der Waals surface area contributed by atoms with Gasteiger partial charge in [0.05, 0.1) is 32.5 Å². The average Bonchev–Trinajstić information content (AvgIpc) is 3.38. The van der Waals surface area contributed by atoms with Crippen molar-refractivity contribution in [2.75, 3.05) is 57.6 Å². The van der Waals surface area contributed by atoms with Crippen LogP contribution in [0.15, 0.2) is 46.0 Å². The molecule has 1 aromatic heterocycles. The first kappa shape index (κ1) is 26.4. The smallest absolute Gasteiger partial charge is 0.273 e. The number of sulfonamides is 1. The fourth-order valence-corrected chi connectivity index (χ4v) is 6.86. The van der Waals surface area contributed by atoms with Crippen molar-refractivity contribution in [2.24, 2.45) is 5.41 Å². The molecular weight excluding hydrogens is 505 g/mol. The summed E-state index contributed by atoms with van der Waals surface area (Å²) in [7, 11) is -3.65. The van der Waals surface area contributed by atoms with Gasteiger partial charge in [0.2, 0.25) is 0 Å². The van der Waals surface area contributed by atoms with Gasteiger partial charge in [-0.2, -0.15) is 4.31 Å². The molecule has 2 aromatic rings. The molecular formula is C23H29F3N2O5S2. The third kappa shape index (κ3) is 5.37. The lowest BCUT2D eigenvalue weighted by Gasteiger charge is -2.43. The monoisotopic (exact) mass is 534 g/mol. The molecule has 3 heterocycles. The van der Waals surface area contributed by atoms with Gasteiger partial charge in [0, 0.05) is 30.7 Å². The van der Waals surface area contributed by atoms with E-state index in [4.69, 9.17) is 9.47 Å². The minimum Gasteiger partial charge on any atom is -0.380 e. The minimum atomic E-state index is -3.65. The first-order valence-corrected chi connectivity index (χ1v) is 13.5. The molecule has 35 heavy (non-hydrogen) atoms. The summed E-state index contributed by atoms with van der Waals surface area (Å²) in [6.45, 7) is 3.12. The van der Waals surface area contributed by atoms with Crippen LogP contribution in [0.2, 0.25) is 0 Å². The minimum absolute atomic E-state index is 0.0734. The lowest BCUT2D eigenvalue weighted by atomic mass is 9.90. The molecule has 0 spiro atoms. The Bertz CT molecular complexity index is 1080. The molecule has 7 nitrogen and oxygen atoms in total. The maximum Gasteiger partial charge on any atom is 0.273 e. The zero-order valence-electron chi connectivity index (χ0n) is 19.3. The van der Waals surface area contributed by atoms with Crippen LogP contribution in [0.1, 0.15) is 12.5 Å². The Morgan fingerprint density at radius 2 is 1.97 bits per heavy atom. The molecule has 1 unspecified atom stereocenters. The molecule has 0 aliphatic carbocycles. The molecule has 0 radical (unpaired) electrons. The molecule has 2 saturated heterocycles. The Morgan fingerprint density at radius 3 is 2.51 bits per heavy atom. The van der Waals surface area contributed by atoms with Gasteiger partial charge in [0.15, 0.2) is 5.60 Å². The highest BCUT2D eigenvalue weighted by Gasteiger charge is 2.41. The van der Waals surface area contributed by atoms with Crippen LogP contribution in [-0.4, -0.2) is 83.0 Å². The van der Waals surface area contributed by atoms with Crippen molar-refractivity contribution < 1.29 is 36.2 Å². The average molecular weight is 535 g/mol. The molecule has 12 heteroatoms. The lowest BCUT2D eigenvalue weighted by molar-refractivity contribution is -0.139. The number of halogens is 3. The predicted molar refractivity (Wildman–Crippen MR) is 126 cm³/mol. The number of rotatable bonds is 10. The van der Waals surface area contributed by atoms with E-state index in [1.807, 2.05) is 4.90 Å². The van der Waals surface area contributed by atoms with Crippen LogP contribution in [-0.2, 0) is 25.1 Å². The summed E-state index contributed by atoms with van der Waals surface area (Å²) in [5.41, 5.74) is -2.52. The van der Waals surface area contributed by atoms with E-state index in [-0.39, 0.29) is 40.9 Å². The fraction of sp³-hybridized carbons (Fsp3) is 0.565. The molecule has 1 aromatic carbocycles. The molecule has 2 aliphatic heterocycles. The second-order valence-corrected chi connectivity index (χ2v) is 12.5. The Morgan fingerprint density at radius 1 is 1.26 bits per heavy atom. The maximum absolute atomic E-state index is 13.2. The molecule has 0 amide bonds. The van der Waals surface area contributed by atoms with Crippen molar-refractivity contribution in [1.29, 1.82) is 0 Å². The highest BCUT2D eigenvalue weighted by molar-refractivity contribution is 7.91. The second-order valence-electron chi connectivity index (χ2n) is 9.37. The molecule has 2 fully saturated rings. The van der Waals surface area contributed by atoms with Crippen LogP contribution in [0.3, 0.4) is 0 Å². The van der Waals surface area contributed by atoms with Crippen LogP contribution in [0.5, 0.6) is 0 Å². The van der Waals surface area contributed by atoms with Crippen LogP contribution in [0, 0.1) is 5.41 Å². The number of nitrogens with zero attached hydrogens (tertiary/aromatic N) is 2. The zero-order valence-corrected chi connectivity index (χ0v) is 20.9. The van der Waals surface area contributed by atoms with Crippen LogP contribution in [0.25, 0.3) is 0 Å². The highest BCUT2D eigenvalue weighted by atomic mass is 32.2. The molecule has 194 valence electrons. The maximum atomic E-state index is 13.2. The van der Waals surface area contributed by atoms with E-state index in [1.54, 1.807) is 17.5 Å². The van der Waals surface area contributed by atoms with Crippen molar-refractivity contribution in [3.8, 4) is 0 Å². The van der Waals surface area contributed by atoms with E-state index in [9.17, 15) is 26.7 Å². The van der Waals surface area contributed by atoms with Crippen molar-refractivity contribution in [1.82, 2.24) is 4.31 Å². The SMILES string of the molecule is CC1(COC[C@H]2CN(S(=O)(=O)c3cccs3)CCN2c2ccc(C(O)(CF)C(F)F)cc2)COC1. The summed E-state index contributed by atoms with van der Waals surface area (Å²) in [6, 6.07) is 8.55. The van der Waals surface area contributed by atoms with Gasteiger partial charge in [-0.3, -0.25) is 0 Å². The summed E-state index contributed by atoms with van der Waals surface area (Å²) >= 11 is 1.16. The van der Waals surface area contributed by atoms with Gasteiger partial charge in [-0.25, -0.2) is 21.6 Å². The third-order valence-corrected chi connectivity index (χ3v) is 9.70. The molecule has 1 N–H and O–H groups in total. The van der Waals surface area contributed by atoms with E-state index in [2.05, 4.69) is 6.92 Å². The van der Waals surface area contributed by atoms with Gasteiger partial charge < -0.3 is 19.5 Å². The van der Waals surface area contributed by atoms with Gasteiger partial charge >= 0.3 is 0 Å². The number of piperazine rings is 1. The predicted octanol–water partition coefficient (Wildman–Crippen LogP) is 3.10. The number of thiophene rings is 1. The number of anilines is 1. The number of hydrogen-bond acceptors (Lipinski definition) is 7. The van der Waals surface area contributed by atoms with E-state index in [0.717, 1.165) is 11.3 Å². The lowest BCUT2D eigenvalue weighted by Crippen LogP contribution is -2.57. The van der Waals surface area contributed by atoms with Gasteiger partial charge in [-0.05, 0) is 29.1 Å². The van der Waals surface area contributed by atoms with Crippen molar-refractivity contribution >= 4 is 27.0 Å². The molecule has 4 rings (SSSR count). The molecule has 0 bridgehead atoms. The van der Waals surface area contributed by atoms with Gasteiger partial charge in [-0.1, -0.05) is 25.1 Å². The van der Waals surface area contributed by atoms with Crippen LogP contribution < -0.4 is 4.90 Å². The highest BCUT2D eigenvalue weighted by Crippen LogP contribution is 2.33. The summed E-state index contributed by atoms with van der Waals surface area (Å²) in [4.78, 5) is 1.96. The van der Waals surface area contributed by atoms with E-state index in [0.29, 0.717) is 32.1 Å². The number of alkyl halides is 3. The first-order valence-electron chi connectivity index (χ1n) is 11.2. The first-order chi connectivity index (χ1) is 16.6. The Hall–Kier alpha value is -1.70. The van der Waals surface area contributed by atoms with Crippen LogP contribution >= 0.6 is 11.3 Å². The van der Waals surface area contributed by atoms with Crippen molar-refractivity contribution in [3.05, 3.63) is 47.3 Å². The molecule has 0 saturated carbocycles. The Balaban J connectivity index is 1.53.